The number of hydrogen-bond donors (Lipinski definition) is 1. The normalized spacial score (nSPS) is 13.3. The molecule has 0 aliphatic heterocycles. The molecule has 0 saturated heterocycles. The summed E-state index contributed by atoms with van der Waals surface area (Å²) in [5, 5.41) is 7.10. The minimum Gasteiger partial charge on any atom is -0.334 e. The summed E-state index contributed by atoms with van der Waals surface area (Å²) in [4.78, 5) is 18.4. The second-order valence-electron chi connectivity index (χ2n) is 7.05. The van der Waals surface area contributed by atoms with Crippen molar-refractivity contribution >= 4 is 6.03 Å². The lowest BCUT2D eigenvalue weighted by molar-refractivity contribution is 0.191. The largest absolute Gasteiger partial charge is 0.334 e. The predicted octanol–water partition coefficient (Wildman–Crippen LogP) is 3.34. The quantitative estimate of drug-likeness (QED) is 0.685. The highest BCUT2D eigenvalue weighted by Gasteiger charge is 2.32. The summed E-state index contributed by atoms with van der Waals surface area (Å²) in [5.41, 5.74) is 3.09. The van der Waals surface area contributed by atoms with Crippen molar-refractivity contribution in [1.29, 1.82) is 0 Å². The zero-order valence-corrected chi connectivity index (χ0v) is 15.5. The number of nitrogens with one attached hydrogen (secondary N) is 1. The first-order valence-corrected chi connectivity index (χ1v) is 9.36. The third-order valence-electron chi connectivity index (χ3n) is 4.79. The summed E-state index contributed by atoms with van der Waals surface area (Å²) < 4.78 is 14.9. The molecule has 1 heterocycles. The van der Waals surface area contributed by atoms with E-state index in [-0.39, 0.29) is 17.9 Å². The zero-order valence-electron chi connectivity index (χ0n) is 15.5. The van der Waals surface area contributed by atoms with Crippen molar-refractivity contribution in [2.45, 2.75) is 38.5 Å². The minimum absolute atomic E-state index is 0.0847. The van der Waals surface area contributed by atoms with Crippen LogP contribution >= 0.6 is 0 Å². The number of urea groups is 1. The van der Waals surface area contributed by atoms with Crippen LogP contribution < -0.4 is 5.32 Å². The molecule has 144 valence electrons. The minimum atomic E-state index is -0.265. The van der Waals surface area contributed by atoms with Gasteiger partial charge in [-0.05, 0) is 41.7 Å². The molecule has 0 unspecified atom stereocenters. The van der Waals surface area contributed by atoms with Crippen LogP contribution in [0.25, 0.3) is 0 Å². The number of hydrogen-bond acceptors (Lipinski definition) is 3. The van der Waals surface area contributed by atoms with Crippen molar-refractivity contribution in [3.63, 3.8) is 0 Å². The Morgan fingerprint density at radius 1 is 1.07 bits per heavy atom. The number of nitrogens with zero attached hydrogens (tertiary/aromatic N) is 4. The monoisotopic (exact) mass is 379 g/mol. The molecule has 1 N–H and O–H groups in total. The molecular weight excluding hydrogens is 357 g/mol. The Morgan fingerprint density at radius 3 is 2.39 bits per heavy atom. The maximum absolute atomic E-state index is 13.1. The van der Waals surface area contributed by atoms with E-state index in [1.54, 1.807) is 23.1 Å². The number of amides is 2. The fourth-order valence-corrected chi connectivity index (χ4v) is 3.08. The van der Waals surface area contributed by atoms with Crippen LogP contribution in [-0.2, 0) is 19.6 Å². The number of benzene rings is 2. The Kier molecular flexibility index (Phi) is 5.32. The molecule has 1 aliphatic carbocycles. The Balaban J connectivity index is 1.32. The summed E-state index contributed by atoms with van der Waals surface area (Å²) in [5.74, 6) is -0.265. The molecule has 7 heteroatoms. The molecule has 6 nitrogen and oxygen atoms in total. The molecule has 2 amide bonds. The van der Waals surface area contributed by atoms with Gasteiger partial charge in [0.1, 0.15) is 18.5 Å². The fourth-order valence-electron chi connectivity index (χ4n) is 3.08. The highest BCUT2D eigenvalue weighted by Crippen LogP contribution is 2.28. The lowest BCUT2D eigenvalue weighted by Gasteiger charge is -2.23. The first-order valence-electron chi connectivity index (χ1n) is 9.36. The molecule has 0 bridgehead atoms. The van der Waals surface area contributed by atoms with Gasteiger partial charge in [-0.15, -0.1) is 0 Å². The second kappa shape index (κ2) is 8.21. The van der Waals surface area contributed by atoms with E-state index in [4.69, 9.17) is 0 Å². The molecule has 1 fully saturated rings. The lowest BCUT2D eigenvalue weighted by atomic mass is 10.1. The predicted molar refractivity (Wildman–Crippen MR) is 103 cm³/mol. The Hall–Kier alpha value is -3.22. The first kappa shape index (κ1) is 18.2. The van der Waals surface area contributed by atoms with Crippen LogP contribution in [0.15, 0.2) is 61.2 Å². The zero-order chi connectivity index (χ0) is 19.3. The topological polar surface area (TPSA) is 63.1 Å². The van der Waals surface area contributed by atoms with E-state index in [9.17, 15) is 9.18 Å². The number of rotatable bonds is 7. The van der Waals surface area contributed by atoms with Gasteiger partial charge in [-0.3, -0.25) is 0 Å². The van der Waals surface area contributed by atoms with Crippen LogP contribution in [0.1, 0.15) is 29.5 Å². The SMILES string of the molecule is O=C(NCc1ccc(Cn2cncn2)cc1)N(Cc1ccc(F)cc1)C1CC1. The summed E-state index contributed by atoms with van der Waals surface area (Å²) in [6, 6.07) is 14.6. The standard InChI is InChI=1S/C21H22FN5O/c22-19-7-5-18(6-8-19)13-27(20-9-10-20)21(28)24-11-16-1-3-17(4-2-16)12-26-15-23-14-25-26/h1-8,14-15,20H,9-13H2,(H,24,28). The maximum Gasteiger partial charge on any atom is 0.318 e. The Bertz CT molecular complexity index is 905. The molecule has 2 aromatic carbocycles. The van der Waals surface area contributed by atoms with Gasteiger partial charge in [0, 0.05) is 19.1 Å². The molecule has 0 atom stereocenters. The third kappa shape index (κ3) is 4.73. The van der Waals surface area contributed by atoms with Crippen molar-refractivity contribution in [2.75, 3.05) is 0 Å². The third-order valence-corrected chi connectivity index (χ3v) is 4.79. The van der Waals surface area contributed by atoms with Crippen molar-refractivity contribution < 1.29 is 9.18 Å². The van der Waals surface area contributed by atoms with Crippen molar-refractivity contribution in [3.8, 4) is 0 Å². The van der Waals surface area contributed by atoms with E-state index in [1.165, 1.54) is 18.5 Å². The van der Waals surface area contributed by atoms with Gasteiger partial charge in [0.15, 0.2) is 0 Å². The van der Waals surface area contributed by atoms with Gasteiger partial charge in [0.2, 0.25) is 0 Å². The van der Waals surface area contributed by atoms with Gasteiger partial charge in [0.25, 0.3) is 0 Å². The number of carbonyl (C=O) groups is 1. The maximum atomic E-state index is 13.1. The Labute approximate surface area is 163 Å². The molecule has 3 aromatic rings. The van der Waals surface area contributed by atoms with E-state index in [0.717, 1.165) is 29.5 Å². The molecule has 1 saturated carbocycles. The van der Waals surface area contributed by atoms with Crippen LogP contribution in [0, 0.1) is 5.82 Å². The summed E-state index contributed by atoms with van der Waals surface area (Å²) in [6.07, 6.45) is 5.24. The lowest BCUT2D eigenvalue weighted by Crippen LogP contribution is -2.40. The average molecular weight is 379 g/mol. The number of carbonyl (C=O) groups excluding carboxylic acids is 1. The highest BCUT2D eigenvalue weighted by molar-refractivity contribution is 5.75. The van der Waals surface area contributed by atoms with Crippen LogP contribution in [0.5, 0.6) is 0 Å². The van der Waals surface area contributed by atoms with E-state index >= 15 is 0 Å². The summed E-state index contributed by atoms with van der Waals surface area (Å²) >= 11 is 0. The van der Waals surface area contributed by atoms with E-state index in [0.29, 0.717) is 19.6 Å². The second-order valence-corrected chi connectivity index (χ2v) is 7.05. The number of aromatic nitrogens is 3. The van der Waals surface area contributed by atoms with Gasteiger partial charge in [-0.1, -0.05) is 36.4 Å². The van der Waals surface area contributed by atoms with Gasteiger partial charge < -0.3 is 10.2 Å². The van der Waals surface area contributed by atoms with Crippen molar-refractivity contribution in [2.24, 2.45) is 0 Å². The fraction of sp³-hybridized carbons (Fsp3) is 0.286. The van der Waals surface area contributed by atoms with Crippen LogP contribution in [0.4, 0.5) is 9.18 Å². The molecule has 1 aromatic heterocycles. The molecule has 0 radical (unpaired) electrons. The molecule has 4 rings (SSSR count). The smallest absolute Gasteiger partial charge is 0.318 e. The molecule has 1 aliphatic rings. The highest BCUT2D eigenvalue weighted by atomic mass is 19.1. The van der Waals surface area contributed by atoms with Crippen LogP contribution in [-0.4, -0.2) is 31.7 Å². The summed E-state index contributed by atoms with van der Waals surface area (Å²) in [7, 11) is 0. The van der Waals surface area contributed by atoms with Gasteiger partial charge in [-0.25, -0.2) is 18.9 Å². The first-order chi connectivity index (χ1) is 13.7. The van der Waals surface area contributed by atoms with E-state index < -0.39 is 0 Å². The van der Waals surface area contributed by atoms with Gasteiger partial charge in [-0.2, -0.15) is 5.10 Å². The van der Waals surface area contributed by atoms with Crippen LogP contribution in [0.2, 0.25) is 0 Å². The molecular formula is C21H22FN5O. The molecule has 28 heavy (non-hydrogen) atoms. The van der Waals surface area contributed by atoms with Crippen LogP contribution in [0.3, 0.4) is 0 Å². The van der Waals surface area contributed by atoms with Gasteiger partial charge >= 0.3 is 6.03 Å². The van der Waals surface area contributed by atoms with Crippen molar-refractivity contribution in [1.82, 2.24) is 25.0 Å². The van der Waals surface area contributed by atoms with Crippen molar-refractivity contribution in [3.05, 3.63) is 83.7 Å². The Morgan fingerprint density at radius 2 is 1.75 bits per heavy atom. The summed E-state index contributed by atoms with van der Waals surface area (Å²) in [6.45, 7) is 1.63. The van der Waals surface area contributed by atoms with E-state index in [1.807, 2.05) is 29.2 Å². The molecule has 0 spiro atoms. The number of halogens is 1. The van der Waals surface area contributed by atoms with E-state index in [2.05, 4.69) is 15.4 Å². The average Bonchev–Trinajstić information content (AvgIpc) is 3.43. The van der Waals surface area contributed by atoms with Gasteiger partial charge in [0.05, 0.1) is 6.54 Å².